The fourth-order valence-electron chi connectivity index (χ4n) is 3.41. The van der Waals surface area contributed by atoms with E-state index in [-0.39, 0.29) is 30.8 Å². The van der Waals surface area contributed by atoms with Crippen LogP contribution in [0.5, 0.6) is 0 Å². The lowest BCUT2D eigenvalue weighted by Crippen LogP contribution is -2.38. The predicted octanol–water partition coefficient (Wildman–Crippen LogP) is 2.98. The number of likely N-dealkylation sites (tertiary alicyclic amines) is 1. The Bertz CT molecular complexity index is 885. The molecule has 7 heteroatoms. The summed E-state index contributed by atoms with van der Waals surface area (Å²) in [6.45, 7) is 2.11. The molecule has 1 fully saturated rings. The van der Waals surface area contributed by atoms with Crippen molar-refractivity contribution in [2.45, 2.75) is 32.4 Å². The van der Waals surface area contributed by atoms with Crippen molar-refractivity contribution in [1.82, 2.24) is 15.1 Å². The first-order valence-electron chi connectivity index (χ1n) is 10.2. The van der Waals surface area contributed by atoms with Gasteiger partial charge in [0.15, 0.2) is 0 Å². The maximum absolute atomic E-state index is 12.2. The van der Waals surface area contributed by atoms with E-state index >= 15 is 0 Å². The highest BCUT2D eigenvalue weighted by molar-refractivity contribution is 5.91. The molecule has 1 aliphatic rings. The third kappa shape index (κ3) is 6.34. The fourth-order valence-corrected chi connectivity index (χ4v) is 3.41. The first kappa shape index (κ1) is 21.4. The second-order valence-electron chi connectivity index (χ2n) is 7.49. The van der Waals surface area contributed by atoms with E-state index in [0.29, 0.717) is 25.2 Å². The van der Waals surface area contributed by atoms with Crippen LogP contribution >= 0.6 is 0 Å². The molecular formula is C23H28N4O3. The van der Waals surface area contributed by atoms with Crippen molar-refractivity contribution in [1.29, 1.82) is 0 Å². The van der Waals surface area contributed by atoms with Gasteiger partial charge >= 0.3 is 6.03 Å². The Morgan fingerprint density at radius 2 is 1.83 bits per heavy atom. The van der Waals surface area contributed by atoms with E-state index in [4.69, 9.17) is 0 Å². The van der Waals surface area contributed by atoms with Crippen LogP contribution in [0.15, 0.2) is 54.6 Å². The van der Waals surface area contributed by atoms with Gasteiger partial charge in [0, 0.05) is 51.8 Å². The van der Waals surface area contributed by atoms with Crippen molar-refractivity contribution in [3.05, 3.63) is 65.7 Å². The molecule has 1 heterocycles. The van der Waals surface area contributed by atoms with Crippen molar-refractivity contribution in [3.63, 3.8) is 0 Å². The number of rotatable bonds is 8. The van der Waals surface area contributed by atoms with Crippen molar-refractivity contribution in [3.8, 4) is 0 Å². The molecule has 158 valence electrons. The van der Waals surface area contributed by atoms with E-state index in [2.05, 4.69) is 10.6 Å². The molecule has 4 amide bonds. The monoisotopic (exact) mass is 408 g/mol. The Kier molecular flexibility index (Phi) is 7.43. The largest absolute Gasteiger partial charge is 0.338 e. The summed E-state index contributed by atoms with van der Waals surface area (Å²) >= 11 is 0. The van der Waals surface area contributed by atoms with Crippen LogP contribution in [0.2, 0.25) is 0 Å². The molecule has 1 saturated heterocycles. The molecule has 3 rings (SSSR count). The second-order valence-corrected chi connectivity index (χ2v) is 7.49. The lowest BCUT2D eigenvalue weighted by molar-refractivity contribution is -0.128. The number of urea groups is 1. The summed E-state index contributed by atoms with van der Waals surface area (Å²) < 4.78 is 0. The molecule has 30 heavy (non-hydrogen) atoms. The third-order valence-electron chi connectivity index (χ3n) is 4.99. The molecule has 0 aromatic heterocycles. The zero-order valence-electron chi connectivity index (χ0n) is 17.3. The van der Waals surface area contributed by atoms with E-state index in [1.807, 2.05) is 59.5 Å². The van der Waals surface area contributed by atoms with Gasteiger partial charge in [-0.1, -0.05) is 42.5 Å². The first-order valence-corrected chi connectivity index (χ1v) is 10.2. The van der Waals surface area contributed by atoms with Crippen LogP contribution < -0.4 is 10.6 Å². The molecule has 0 atom stereocenters. The van der Waals surface area contributed by atoms with E-state index in [1.54, 1.807) is 11.9 Å². The minimum Gasteiger partial charge on any atom is -0.338 e. The van der Waals surface area contributed by atoms with Gasteiger partial charge in [-0.15, -0.1) is 0 Å². The summed E-state index contributed by atoms with van der Waals surface area (Å²) in [6.07, 6.45) is 1.70. The minimum atomic E-state index is -0.219. The maximum atomic E-state index is 12.2. The zero-order valence-corrected chi connectivity index (χ0v) is 17.3. The van der Waals surface area contributed by atoms with Crippen LogP contribution in [-0.2, 0) is 22.7 Å². The summed E-state index contributed by atoms with van der Waals surface area (Å²) in [5.74, 6) is 0.00724. The molecule has 0 saturated carbocycles. The van der Waals surface area contributed by atoms with Gasteiger partial charge in [-0.25, -0.2) is 4.79 Å². The van der Waals surface area contributed by atoms with Gasteiger partial charge in [0.1, 0.15) is 0 Å². The Morgan fingerprint density at radius 1 is 1.07 bits per heavy atom. The van der Waals surface area contributed by atoms with Crippen LogP contribution in [-0.4, -0.2) is 47.8 Å². The van der Waals surface area contributed by atoms with Gasteiger partial charge < -0.3 is 20.4 Å². The Labute approximate surface area is 177 Å². The molecular weight excluding hydrogens is 380 g/mol. The normalized spacial score (nSPS) is 13.2. The summed E-state index contributed by atoms with van der Waals surface area (Å²) in [7, 11) is 1.72. The predicted molar refractivity (Wildman–Crippen MR) is 116 cm³/mol. The van der Waals surface area contributed by atoms with E-state index in [0.717, 1.165) is 24.1 Å². The molecule has 0 bridgehead atoms. The number of hydrogen-bond acceptors (Lipinski definition) is 3. The summed E-state index contributed by atoms with van der Waals surface area (Å²) in [6, 6.07) is 17.0. The highest BCUT2D eigenvalue weighted by atomic mass is 16.2. The third-order valence-corrected chi connectivity index (χ3v) is 4.99. The van der Waals surface area contributed by atoms with Crippen molar-refractivity contribution in [2.24, 2.45) is 0 Å². The average molecular weight is 409 g/mol. The van der Waals surface area contributed by atoms with E-state index in [9.17, 15) is 14.4 Å². The van der Waals surface area contributed by atoms with Crippen LogP contribution in [0.1, 0.15) is 30.4 Å². The molecule has 7 nitrogen and oxygen atoms in total. The standard InChI is InChI=1S/C23H28N4O3/c1-26(16-18-7-3-2-4-8-18)23(30)24-13-12-21(28)25-20-10-5-9-19(15-20)17-27-14-6-11-22(27)29/h2-5,7-10,15H,6,11-14,16-17H2,1H3,(H,24,30)(H,25,28). The average Bonchev–Trinajstić information content (AvgIpc) is 3.13. The molecule has 2 aromatic carbocycles. The summed E-state index contributed by atoms with van der Waals surface area (Å²) in [5, 5.41) is 5.62. The quantitative estimate of drug-likeness (QED) is 0.705. The lowest BCUT2D eigenvalue weighted by Gasteiger charge is -2.18. The number of carbonyl (C=O) groups excluding carboxylic acids is 3. The van der Waals surface area contributed by atoms with E-state index in [1.165, 1.54) is 0 Å². The minimum absolute atomic E-state index is 0.171. The number of benzene rings is 2. The Hall–Kier alpha value is -3.35. The van der Waals surface area contributed by atoms with Gasteiger partial charge in [0.05, 0.1) is 0 Å². The van der Waals surface area contributed by atoms with E-state index < -0.39 is 0 Å². The number of amides is 4. The number of anilines is 1. The lowest BCUT2D eigenvalue weighted by atomic mass is 10.2. The van der Waals surface area contributed by atoms with Gasteiger partial charge in [-0.2, -0.15) is 0 Å². The fraction of sp³-hybridized carbons (Fsp3) is 0.348. The number of nitrogens with zero attached hydrogens (tertiary/aromatic N) is 2. The topological polar surface area (TPSA) is 81.8 Å². The molecule has 2 aromatic rings. The highest BCUT2D eigenvalue weighted by Crippen LogP contribution is 2.17. The van der Waals surface area contributed by atoms with Crippen LogP contribution in [0, 0.1) is 0 Å². The number of carbonyl (C=O) groups is 3. The van der Waals surface area contributed by atoms with Crippen molar-refractivity contribution < 1.29 is 14.4 Å². The van der Waals surface area contributed by atoms with Crippen molar-refractivity contribution in [2.75, 3.05) is 25.5 Å². The maximum Gasteiger partial charge on any atom is 0.317 e. The van der Waals surface area contributed by atoms with Crippen molar-refractivity contribution >= 4 is 23.5 Å². The number of nitrogens with one attached hydrogen (secondary N) is 2. The Balaban J connectivity index is 1.40. The summed E-state index contributed by atoms with van der Waals surface area (Å²) in [4.78, 5) is 39.6. The highest BCUT2D eigenvalue weighted by Gasteiger charge is 2.20. The number of hydrogen-bond donors (Lipinski definition) is 2. The van der Waals surface area contributed by atoms with Crippen LogP contribution in [0.3, 0.4) is 0 Å². The van der Waals surface area contributed by atoms with Gasteiger partial charge in [0.2, 0.25) is 11.8 Å². The zero-order chi connectivity index (χ0) is 21.3. The van der Waals surface area contributed by atoms with Gasteiger partial charge in [-0.3, -0.25) is 9.59 Å². The van der Waals surface area contributed by atoms with Crippen LogP contribution in [0.25, 0.3) is 0 Å². The first-order chi connectivity index (χ1) is 14.5. The van der Waals surface area contributed by atoms with Gasteiger partial charge in [0.25, 0.3) is 0 Å². The molecule has 1 aliphatic heterocycles. The molecule has 0 spiro atoms. The SMILES string of the molecule is CN(Cc1ccccc1)C(=O)NCCC(=O)Nc1cccc(CN2CCCC2=O)c1. The van der Waals surface area contributed by atoms with Gasteiger partial charge in [-0.05, 0) is 29.7 Å². The molecule has 0 aliphatic carbocycles. The Morgan fingerprint density at radius 3 is 2.57 bits per heavy atom. The summed E-state index contributed by atoms with van der Waals surface area (Å²) in [5.41, 5.74) is 2.72. The molecule has 0 radical (unpaired) electrons. The molecule has 2 N–H and O–H groups in total. The van der Waals surface area contributed by atoms with Crippen LogP contribution in [0.4, 0.5) is 10.5 Å². The molecule has 0 unspecified atom stereocenters. The smallest absolute Gasteiger partial charge is 0.317 e. The second kappa shape index (κ2) is 10.4.